The van der Waals surface area contributed by atoms with Crippen molar-refractivity contribution < 1.29 is 39.5 Å². The summed E-state index contributed by atoms with van der Waals surface area (Å²) in [4.78, 5) is 0. The van der Waals surface area contributed by atoms with Gasteiger partial charge in [0.05, 0.1) is 5.75 Å². The van der Waals surface area contributed by atoms with Crippen LogP contribution in [0.15, 0.2) is 0 Å². The molecule has 0 aliphatic carbocycles. The molecular weight excluding hydrogens is 338 g/mol. The van der Waals surface area contributed by atoms with Crippen LogP contribution in [-0.4, -0.2) is 39.2 Å². The smallest absolute Gasteiger partial charge is 0.361 e. The van der Waals surface area contributed by atoms with Gasteiger partial charge < -0.3 is 4.74 Å². The van der Waals surface area contributed by atoms with Crippen molar-refractivity contribution in [3.05, 3.63) is 0 Å². The molecule has 20 heavy (non-hydrogen) atoms. The van der Waals surface area contributed by atoms with Crippen LogP contribution in [0.3, 0.4) is 0 Å². The maximum absolute atomic E-state index is 12.1. The van der Waals surface area contributed by atoms with E-state index < -0.39 is 45.8 Å². The van der Waals surface area contributed by atoms with Gasteiger partial charge in [0.1, 0.15) is 0 Å². The normalized spacial score (nSPS) is 15.7. The highest BCUT2D eigenvalue weighted by atomic mass is 35.7. The zero-order valence-electron chi connectivity index (χ0n) is 10.3. The Kier molecular flexibility index (Phi) is 7.09. The molecule has 11 heteroatoms. The van der Waals surface area contributed by atoms with Crippen molar-refractivity contribution in [3.8, 4) is 0 Å². The molecular formula is C9H13ClF6O3S. The van der Waals surface area contributed by atoms with E-state index in [0.717, 1.165) is 0 Å². The van der Waals surface area contributed by atoms with Crippen LogP contribution in [0.25, 0.3) is 0 Å². The van der Waals surface area contributed by atoms with Crippen LogP contribution in [0.1, 0.15) is 19.8 Å². The number of hydrogen-bond acceptors (Lipinski definition) is 3. The molecule has 0 rings (SSSR count). The Bertz CT molecular complexity index is 377. The Labute approximate surface area is 116 Å². The maximum atomic E-state index is 12.1. The zero-order chi connectivity index (χ0) is 16.2. The second-order valence-electron chi connectivity index (χ2n) is 4.26. The third kappa shape index (κ3) is 8.85. The molecule has 122 valence electrons. The van der Waals surface area contributed by atoms with E-state index in [9.17, 15) is 34.8 Å². The fourth-order valence-corrected chi connectivity index (χ4v) is 2.20. The van der Waals surface area contributed by atoms with Crippen LogP contribution >= 0.6 is 10.7 Å². The van der Waals surface area contributed by atoms with E-state index in [1.54, 1.807) is 0 Å². The minimum atomic E-state index is -5.54. The van der Waals surface area contributed by atoms with Gasteiger partial charge in [0.25, 0.3) is 0 Å². The van der Waals surface area contributed by atoms with Crippen molar-refractivity contribution in [2.75, 3.05) is 12.4 Å². The summed E-state index contributed by atoms with van der Waals surface area (Å²) in [6.45, 7) is 0.689. The molecule has 0 spiro atoms. The Hall–Kier alpha value is -0.220. The highest BCUT2D eigenvalue weighted by molar-refractivity contribution is 8.13. The average Bonchev–Trinajstić information content (AvgIpc) is 2.16. The lowest BCUT2D eigenvalue weighted by Gasteiger charge is -2.23. The summed E-state index contributed by atoms with van der Waals surface area (Å²) >= 11 is 0. The van der Waals surface area contributed by atoms with Crippen molar-refractivity contribution in [1.29, 1.82) is 0 Å². The molecule has 1 atom stereocenters. The van der Waals surface area contributed by atoms with E-state index in [1.807, 2.05) is 0 Å². The summed E-state index contributed by atoms with van der Waals surface area (Å²) in [6, 6.07) is 0. The van der Waals surface area contributed by atoms with Crippen molar-refractivity contribution in [1.82, 2.24) is 0 Å². The molecule has 0 fully saturated rings. The summed E-state index contributed by atoms with van der Waals surface area (Å²) in [5, 5.41) is 0. The van der Waals surface area contributed by atoms with Gasteiger partial charge in [0, 0.05) is 17.3 Å². The molecule has 0 saturated heterocycles. The molecule has 0 aromatic carbocycles. The van der Waals surface area contributed by atoms with E-state index in [1.165, 1.54) is 6.92 Å². The predicted molar refractivity (Wildman–Crippen MR) is 59.9 cm³/mol. The summed E-state index contributed by atoms with van der Waals surface area (Å²) < 4.78 is 97.7. The second kappa shape index (κ2) is 7.17. The van der Waals surface area contributed by atoms with Gasteiger partial charge in [-0.1, -0.05) is 6.92 Å². The van der Waals surface area contributed by atoms with Gasteiger partial charge in [-0.05, 0) is 18.8 Å². The minimum Gasteiger partial charge on any atom is -0.361 e. The van der Waals surface area contributed by atoms with Gasteiger partial charge in [-0.25, -0.2) is 8.42 Å². The molecule has 1 unspecified atom stereocenters. The molecule has 0 N–H and O–H groups in total. The lowest BCUT2D eigenvalue weighted by molar-refractivity contribution is -0.322. The van der Waals surface area contributed by atoms with Crippen LogP contribution in [0, 0.1) is 5.92 Å². The fraction of sp³-hybridized carbons (Fsp3) is 1.00. The van der Waals surface area contributed by atoms with Crippen molar-refractivity contribution >= 4 is 19.7 Å². The first kappa shape index (κ1) is 19.8. The van der Waals surface area contributed by atoms with Crippen molar-refractivity contribution in [2.24, 2.45) is 5.92 Å². The number of halogens is 7. The monoisotopic (exact) mass is 350 g/mol. The summed E-state index contributed by atoms with van der Waals surface area (Å²) in [7, 11) is 1.19. The molecule has 0 heterocycles. The SMILES string of the molecule is CC(CCOC(C(F)(F)F)C(F)(F)F)CCS(=O)(=O)Cl. The molecule has 0 amide bonds. The first-order valence-corrected chi connectivity index (χ1v) is 7.88. The Balaban J connectivity index is 4.26. The average molecular weight is 351 g/mol. The number of alkyl halides is 6. The van der Waals surface area contributed by atoms with Gasteiger partial charge in [-0.3, -0.25) is 0 Å². The first-order valence-electron chi connectivity index (χ1n) is 5.41. The lowest BCUT2D eigenvalue weighted by Crippen LogP contribution is -2.44. The highest BCUT2D eigenvalue weighted by Gasteiger charge is 2.57. The third-order valence-corrected chi connectivity index (χ3v) is 3.53. The van der Waals surface area contributed by atoms with E-state index in [2.05, 4.69) is 4.74 Å². The quantitative estimate of drug-likeness (QED) is 0.521. The summed E-state index contributed by atoms with van der Waals surface area (Å²) in [5.74, 6) is -0.844. The molecule has 0 aromatic rings. The predicted octanol–water partition coefficient (Wildman–Crippen LogP) is 3.48. The van der Waals surface area contributed by atoms with Gasteiger partial charge in [0.2, 0.25) is 15.2 Å². The summed E-state index contributed by atoms with van der Waals surface area (Å²) in [5.41, 5.74) is 0. The minimum absolute atomic E-state index is 0.0257. The van der Waals surface area contributed by atoms with Gasteiger partial charge in [-0.15, -0.1) is 0 Å². The van der Waals surface area contributed by atoms with E-state index in [-0.39, 0.29) is 12.8 Å². The highest BCUT2D eigenvalue weighted by Crippen LogP contribution is 2.35. The van der Waals surface area contributed by atoms with Crippen molar-refractivity contribution in [3.63, 3.8) is 0 Å². The zero-order valence-corrected chi connectivity index (χ0v) is 11.8. The van der Waals surface area contributed by atoms with Gasteiger partial charge in [-0.2, -0.15) is 26.3 Å². The maximum Gasteiger partial charge on any atom is 0.423 e. The number of ether oxygens (including phenoxy) is 1. The van der Waals surface area contributed by atoms with E-state index in [0.29, 0.717) is 0 Å². The number of hydrogen-bond donors (Lipinski definition) is 0. The Morgan fingerprint density at radius 2 is 1.50 bits per heavy atom. The standard InChI is InChI=1S/C9H13ClF6O3S/c1-6(3-5-20(10,17)18)2-4-19-7(8(11,12)13)9(14,15)16/h6-7H,2-5H2,1H3. The molecule has 0 aromatic heterocycles. The Morgan fingerprint density at radius 3 is 1.85 bits per heavy atom. The first-order chi connectivity index (χ1) is 8.73. The van der Waals surface area contributed by atoms with Crippen molar-refractivity contribution in [2.45, 2.75) is 38.2 Å². The summed E-state index contributed by atoms with van der Waals surface area (Å²) in [6.07, 6.45) is -15.0. The largest absolute Gasteiger partial charge is 0.423 e. The second-order valence-corrected chi connectivity index (χ2v) is 7.16. The molecule has 0 radical (unpaired) electrons. The fourth-order valence-electron chi connectivity index (χ4n) is 1.25. The van der Waals surface area contributed by atoms with E-state index in [4.69, 9.17) is 10.7 Å². The number of rotatable bonds is 7. The van der Waals surface area contributed by atoms with Crippen LogP contribution in [0.5, 0.6) is 0 Å². The van der Waals surface area contributed by atoms with E-state index >= 15 is 0 Å². The van der Waals surface area contributed by atoms with Gasteiger partial charge >= 0.3 is 12.4 Å². The van der Waals surface area contributed by atoms with Crippen LogP contribution < -0.4 is 0 Å². The molecule has 0 saturated carbocycles. The van der Waals surface area contributed by atoms with Gasteiger partial charge in [0.15, 0.2) is 0 Å². The van der Waals surface area contributed by atoms with Crippen LogP contribution in [0.4, 0.5) is 26.3 Å². The van der Waals surface area contributed by atoms with Crippen LogP contribution in [0.2, 0.25) is 0 Å². The van der Waals surface area contributed by atoms with Crippen LogP contribution in [-0.2, 0) is 13.8 Å². The Morgan fingerprint density at radius 1 is 1.05 bits per heavy atom. The lowest BCUT2D eigenvalue weighted by atomic mass is 10.1. The molecule has 3 nitrogen and oxygen atoms in total. The topological polar surface area (TPSA) is 43.4 Å². The molecule has 0 bridgehead atoms. The molecule has 0 aliphatic heterocycles. The molecule has 0 aliphatic rings. The third-order valence-electron chi connectivity index (χ3n) is 2.34.